The molecule has 8 heteroatoms. The van der Waals surface area contributed by atoms with Crippen molar-refractivity contribution in [1.29, 1.82) is 0 Å². The fourth-order valence-corrected chi connectivity index (χ4v) is 3.10. The van der Waals surface area contributed by atoms with Crippen molar-refractivity contribution in [2.75, 3.05) is 18.4 Å². The van der Waals surface area contributed by atoms with Crippen LogP contribution in [-0.2, 0) is 12.6 Å². The molecule has 28 heavy (non-hydrogen) atoms. The predicted octanol–water partition coefficient (Wildman–Crippen LogP) is 4.77. The summed E-state index contributed by atoms with van der Waals surface area (Å²) in [6.07, 6.45) is 1.63. The topological polar surface area (TPSA) is 58.1 Å². The zero-order valence-corrected chi connectivity index (χ0v) is 15.5. The first-order chi connectivity index (χ1) is 13.4. The first-order valence-corrected chi connectivity index (χ1v) is 9.11. The van der Waals surface area contributed by atoms with Crippen LogP contribution in [0.25, 0.3) is 5.57 Å². The molecule has 2 amide bonds. The summed E-state index contributed by atoms with van der Waals surface area (Å²) in [6.45, 7) is 2.62. The van der Waals surface area contributed by atoms with Gasteiger partial charge in [-0.2, -0.15) is 13.2 Å². The number of aryl methyl sites for hydroxylation is 1. The molecule has 1 aromatic heterocycles. The molecule has 0 unspecified atom stereocenters. The van der Waals surface area contributed by atoms with Crippen LogP contribution in [0.3, 0.4) is 0 Å². The number of carbonyl (C=O) groups is 1. The van der Waals surface area contributed by atoms with E-state index in [0.29, 0.717) is 17.8 Å². The Morgan fingerprint density at radius 1 is 1.18 bits per heavy atom. The second-order valence-corrected chi connectivity index (χ2v) is 6.55. The lowest BCUT2D eigenvalue weighted by Gasteiger charge is -2.27. The van der Waals surface area contributed by atoms with Gasteiger partial charge in [0.15, 0.2) is 5.69 Å². The van der Waals surface area contributed by atoms with Crippen molar-refractivity contribution in [3.63, 3.8) is 0 Å². The van der Waals surface area contributed by atoms with Gasteiger partial charge in [-0.05, 0) is 36.1 Å². The van der Waals surface area contributed by atoms with E-state index >= 15 is 0 Å². The summed E-state index contributed by atoms with van der Waals surface area (Å²) in [6, 6.07) is 7.36. The zero-order chi connectivity index (χ0) is 20.1. The number of amides is 2. The molecular formula is C20H21F3N4O. The second-order valence-electron chi connectivity index (χ2n) is 6.55. The fraction of sp³-hybridized carbons (Fsp3) is 0.350. The van der Waals surface area contributed by atoms with Gasteiger partial charge in [0, 0.05) is 31.2 Å². The van der Waals surface area contributed by atoms with Gasteiger partial charge in [-0.1, -0.05) is 31.6 Å². The summed E-state index contributed by atoms with van der Waals surface area (Å²) in [5, 5.41) is 2.82. The van der Waals surface area contributed by atoms with E-state index in [-0.39, 0.29) is 24.7 Å². The van der Waals surface area contributed by atoms with Gasteiger partial charge < -0.3 is 10.2 Å². The largest absolute Gasteiger partial charge is 0.435 e. The van der Waals surface area contributed by atoms with Crippen molar-refractivity contribution < 1.29 is 18.0 Å². The minimum Gasteiger partial charge on any atom is -0.320 e. The molecule has 148 valence electrons. The summed E-state index contributed by atoms with van der Waals surface area (Å²) in [4.78, 5) is 21.3. The van der Waals surface area contributed by atoms with Crippen LogP contribution in [0.1, 0.15) is 36.7 Å². The molecule has 0 saturated heterocycles. The molecule has 1 aliphatic rings. The van der Waals surface area contributed by atoms with Crippen LogP contribution in [0.15, 0.2) is 42.7 Å². The number of nitrogens with zero attached hydrogens (tertiary/aromatic N) is 3. The molecule has 1 aromatic carbocycles. The lowest BCUT2D eigenvalue weighted by Crippen LogP contribution is -2.38. The number of rotatable bonds is 4. The Morgan fingerprint density at radius 2 is 1.89 bits per heavy atom. The number of nitrogens with one attached hydrogen (secondary N) is 1. The Morgan fingerprint density at radius 3 is 2.50 bits per heavy atom. The molecule has 0 bridgehead atoms. The maximum atomic E-state index is 13.1. The monoisotopic (exact) mass is 390 g/mol. The number of benzene rings is 1. The summed E-state index contributed by atoms with van der Waals surface area (Å²) in [5.41, 5.74) is 1.18. The summed E-state index contributed by atoms with van der Waals surface area (Å²) < 4.78 is 39.4. The highest BCUT2D eigenvalue weighted by Crippen LogP contribution is 2.33. The standard InChI is InChI=1S/C20H21F3N4O/c1-2-3-14-4-6-16(7-5-14)26-19(28)27-12-8-15(9-13-27)17-18(20(21,22)23)25-11-10-24-17/h4-8,10-11H,2-3,9,12-13H2,1H3,(H,26,28). The van der Waals surface area contributed by atoms with Crippen molar-refractivity contribution in [3.05, 3.63) is 59.7 Å². The molecule has 0 saturated carbocycles. The van der Waals surface area contributed by atoms with Crippen LogP contribution in [0.2, 0.25) is 0 Å². The van der Waals surface area contributed by atoms with E-state index in [0.717, 1.165) is 19.0 Å². The van der Waals surface area contributed by atoms with Crippen molar-refractivity contribution in [2.45, 2.75) is 32.4 Å². The second kappa shape index (κ2) is 8.41. The summed E-state index contributed by atoms with van der Waals surface area (Å²) >= 11 is 0. The molecular weight excluding hydrogens is 369 g/mol. The Hall–Kier alpha value is -2.90. The maximum Gasteiger partial charge on any atom is 0.435 e. The van der Waals surface area contributed by atoms with Crippen molar-refractivity contribution >= 4 is 17.3 Å². The Bertz CT molecular complexity index is 862. The predicted molar refractivity (Wildman–Crippen MR) is 101 cm³/mol. The van der Waals surface area contributed by atoms with Gasteiger partial charge in [-0.25, -0.2) is 9.78 Å². The highest BCUT2D eigenvalue weighted by molar-refractivity contribution is 5.90. The van der Waals surface area contributed by atoms with E-state index in [1.165, 1.54) is 11.8 Å². The summed E-state index contributed by atoms with van der Waals surface area (Å²) in [7, 11) is 0. The average Bonchev–Trinajstić information content (AvgIpc) is 2.69. The van der Waals surface area contributed by atoms with Crippen molar-refractivity contribution in [3.8, 4) is 0 Å². The van der Waals surface area contributed by atoms with Gasteiger partial charge in [0.1, 0.15) is 0 Å². The first kappa shape index (κ1) is 19.9. The van der Waals surface area contributed by atoms with E-state index in [2.05, 4.69) is 22.2 Å². The van der Waals surface area contributed by atoms with Crippen LogP contribution in [-0.4, -0.2) is 34.0 Å². The molecule has 5 nitrogen and oxygen atoms in total. The molecule has 0 radical (unpaired) electrons. The third-order valence-electron chi connectivity index (χ3n) is 4.51. The van der Waals surface area contributed by atoms with E-state index in [9.17, 15) is 18.0 Å². The van der Waals surface area contributed by atoms with E-state index in [4.69, 9.17) is 0 Å². The minimum atomic E-state index is -4.57. The molecule has 0 fully saturated rings. The summed E-state index contributed by atoms with van der Waals surface area (Å²) in [5.74, 6) is 0. The van der Waals surface area contributed by atoms with Crippen LogP contribution in [0.5, 0.6) is 0 Å². The number of halogens is 3. The van der Waals surface area contributed by atoms with Gasteiger partial charge >= 0.3 is 12.2 Å². The van der Waals surface area contributed by atoms with Gasteiger partial charge in [0.05, 0.1) is 5.69 Å². The highest BCUT2D eigenvalue weighted by atomic mass is 19.4. The number of urea groups is 1. The Balaban J connectivity index is 1.66. The zero-order valence-electron chi connectivity index (χ0n) is 15.5. The number of aromatic nitrogens is 2. The normalized spacial score (nSPS) is 14.6. The van der Waals surface area contributed by atoms with Crippen LogP contribution in [0.4, 0.5) is 23.7 Å². The minimum absolute atomic E-state index is 0.165. The Labute approximate surface area is 161 Å². The number of hydrogen-bond acceptors (Lipinski definition) is 3. The molecule has 1 N–H and O–H groups in total. The van der Waals surface area contributed by atoms with Gasteiger partial charge in [-0.3, -0.25) is 4.98 Å². The van der Waals surface area contributed by atoms with Gasteiger partial charge in [-0.15, -0.1) is 0 Å². The molecule has 0 aliphatic carbocycles. The Kier molecular flexibility index (Phi) is 5.96. The number of carbonyl (C=O) groups excluding carboxylic acids is 1. The smallest absolute Gasteiger partial charge is 0.320 e. The van der Waals surface area contributed by atoms with Gasteiger partial charge in [0.25, 0.3) is 0 Å². The SMILES string of the molecule is CCCc1ccc(NC(=O)N2CC=C(c3nccnc3C(F)(F)F)CC2)cc1. The average molecular weight is 390 g/mol. The van der Waals surface area contributed by atoms with E-state index < -0.39 is 11.9 Å². The molecule has 2 heterocycles. The molecule has 0 spiro atoms. The lowest BCUT2D eigenvalue weighted by molar-refractivity contribution is -0.141. The van der Waals surface area contributed by atoms with E-state index in [1.807, 2.05) is 24.3 Å². The van der Waals surface area contributed by atoms with Crippen molar-refractivity contribution in [2.24, 2.45) is 0 Å². The molecule has 3 rings (SSSR count). The number of alkyl halides is 3. The maximum absolute atomic E-state index is 13.1. The number of anilines is 1. The third kappa shape index (κ3) is 4.68. The fourth-order valence-electron chi connectivity index (χ4n) is 3.10. The van der Waals surface area contributed by atoms with Crippen molar-refractivity contribution in [1.82, 2.24) is 14.9 Å². The molecule has 1 aliphatic heterocycles. The molecule has 0 atom stereocenters. The van der Waals surface area contributed by atoms with Gasteiger partial charge in [0.2, 0.25) is 0 Å². The number of hydrogen-bond donors (Lipinski definition) is 1. The quantitative estimate of drug-likeness (QED) is 0.818. The highest BCUT2D eigenvalue weighted by Gasteiger charge is 2.37. The molecule has 2 aromatic rings. The lowest BCUT2D eigenvalue weighted by atomic mass is 10.0. The van der Waals surface area contributed by atoms with Crippen LogP contribution in [0, 0.1) is 0 Å². The first-order valence-electron chi connectivity index (χ1n) is 9.11. The third-order valence-corrected chi connectivity index (χ3v) is 4.51. The van der Waals surface area contributed by atoms with Crippen LogP contribution >= 0.6 is 0 Å². The van der Waals surface area contributed by atoms with Crippen LogP contribution < -0.4 is 5.32 Å². The van der Waals surface area contributed by atoms with E-state index in [1.54, 1.807) is 11.0 Å².